The summed E-state index contributed by atoms with van der Waals surface area (Å²) in [5, 5.41) is 10.2. The van der Waals surface area contributed by atoms with Crippen LogP contribution < -0.4 is 5.73 Å². The molecule has 0 saturated carbocycles. The number of nitrogens with two attached hydrogens (primary N) is 1. The second kappa shape index (κ2) is 5.54. The number of fused-ring (bicyclic) bond motifs is 1. The van der Waals surface area contributed by atoms with Crippen LogP contribution in [0.3, 0.4) is 0 Å². The van der Waals surface area contributed by atoms with Crippen LogP contribution in [0.2, 0.25) is 0 Å². The molecule has 12 heteroatoms. The molecular formula is C10H14N5O6P. The van der Waals surface area contributed by atoms with E-state index >= 15 is 0 Å². The number of aromatic nitrogens is 4. The molecule has 1 aliphatic rings. The number of hydrogen-bond acceptors (Lipinski definition) is 8. The van der Waals surface area contributed by atoms with Gasteiger partial charge in [0.1, 0.15) is 30.4 Å². The zero-order valence-corrected chi connectivity index (χ0v) is 12.1. The maximum Gasteiger partial charge on any atom is 0.350 e. The van der Waals surface area contributed by atoms with Gasteiger partial charge in [0, 0.05) is 0 Å². The lowest BCUT2D eigenvalue weighted by Crippen LogP contribution is -2.31. The summed E-state index contributed by atoms with van der Waals surface area (Å²) >= 11 is 0. The Bertz CT molecular complexity index is 732. The molecule has 2 aromatic heterocycles. The van der Waals surface area contributed by atoms with Gasteiger partial charge < -0.3 is 30.1 Å². The fourth-order valence-electron chi connectivity index (χ4n) is 2.21. The van der Waals surface area contributed by atoms with Crippen LogP contribution in [0.15, 0.2) is 12.7 Å². The minimum absolute atomic E-state index is 0.0218. The molecule has 3 rings (SSSR count). The zero-order chi connectivity index (χ0) is 15.9. The monoisotopic (exact) mass is 331 g/mol. The summed E-state index contributed by atoms with van der Waals surface area (Å²) < 4.78 is 22.7. The molecule has 0 spiro atoms. The molecule has 1 saturated heterocycles. The van der Waals surface area contributed by atoms with E-state index in [-0.39, 0.29) is 12.4 Å². The van der Waals surface area contributed by atoms with Crippen molar-refractivity contribution in [1.29, 1.82) is 0 Å². The summed E-state index contributed by atoms with van der Waals surface area (Å²) in [5.41, 5.74) is 6.44. The van der Waals surface area contributed by atoms with Gasteiger partial charge in [-0.3, -0.25) is 9.13 Å². The first-order valence-corrected chi connectivity index (χ1v) is 8.05. The van der Waals surface area contributed by atoms with Crippen molar-refractivity contribution in [2.24, 2.45) is 0 Å². The number of hydrogen-bond donors (Lipinski definition) is 4. The van der Waals surface area contributed by atoms with Crippen molar-refractivity contribution in [1.82, 2.24) is 19.5 Å². The maximum atomic E-state index is 10.8. The van der Waals surface area contributed by atoms with E-state index in [1.54, 1.807) is 0 Å². The molecular weight excluding hydrogens is 317 g/mol. The Balaban J connectivity index is 1.81. The Morgan fingerprint density at radius 3 is 2.95 bits per heavy atom. The van der Waals surface area contributed by atoms with Crippen LogP contribution in [0.4, 0.5) is 5.82 Å². The Morgan fingerprint density at radius 1 is 1.45 bits per heavy atom. The average Bonchev–Trinajstić information content (AvgIpc) is 3.00. The first-order valence-electron chi connectivity index (χ1n) is 6.25. The smallest absolute Gasteiger partial charge is 0.350 e. The molecule has 3 heterocycles. The molecule has 22 heavy (non-hydrogen) atoms. The molecule has 120 valence electrons. The van der Waals surface area contributed by atoms with Gasteiger partial charge in [-0.25, -0.2) is 15.0 Å². The van der Waals surface area contributed by atoms with Crippen molar-refractivity contribution in [3.63, 3.8) is 0 Å². The number of anilines is 1. The van der Waals surface area contributed by atoms with E-state index in [4.69, 9.17) is 25.0 Å². The maximum absolute atomic E-state index is 10.8. The molecule has 1 fully saturated rings. The molecule has 0 radical (unpaired) electrons. The molecule has 0 aliphatic carbocycles. The Hall–Kier alpha value is -1.62. The van der Waals surface area contributed by atoms with Crippen LogP contribution in [0.1, 0.15) is 6.23 Å². The highest BCUT2D eigenvalue weighted by molar-refractivity contribution is 7.51. The van der Waals surface area contributed by atoms with E-state index in [9.17, 15) is 9.67 Å². The third-order valence-electron chi connectivity index (χ3n) is 3.22. The van der Waals surface area contributed by atoms with E-state index in [1.165, 1.54) is 17.2 Å². The largest absolute Gasteiger partial charge is 0.386 e. The third-order valence-corrected chi connectivity index (χ3v) is 3.71. The molecule has 11 nitrogen and oxygen atoms in total. The quantitative estimate of drug-likeness (QED) is 0.501. The van der Waals surface area contributed by atoms with Crippen LogP contribution >= 0.6 is 7.60 Å². The molecule has 3 unspecified atom stereocenters. The summed E-state index contributed by atoms with van der Waals surface area (Å²) in [4.78, 5) is 29.5. The molecule has 5 N–H and O–H groups in total. The Labute approximate surface area is 123 Å². The molecule has 1 aliphatic heterocycles. The van der Waals surface area contributed by atoms with E-state index < -0.39 is 32.4 Å². The van der Waals surface area contributed by atoms with E-state index in [2.05, 4.69) is 15.0 Å². The van der Waals surface area contributed by atoms with Crippen molar-refractivity contribution in [3.8, 4) is 0 Å². The number of aliphatic hydroxyl groups excluding tert-OH is 1. The first kappa shape index (κ1) is 15.3. The number of nitrogens with zero attached hydrogens (tertiary/aromatic N) is 4. The number of aliphatic hydroxyl groups is 1. The van der Waals surface area contributed by atoms with Gasteiger partial charge >= 0.3 is 7.60 Å². The molecule has 0 bridgehead atoms. The van der Waals surface area contributed by atoms with E-state index in [0.717, 1.165) is 0 Å². The first-order chi connectivity index (χ1) is 10.4. The number of ether oxygens (including phenoxy) is 2. The Morgan fingerprint density at radius 2 is 2.23 bits per heavy atom. The van der Waals surface area contributed by atoms with Crippen molar-refractivity contribution in [2.45, 2.75) is 18.4 Å². The van der Waals surface area contributed by atoms with Crippen molar-refractivity contribution in [2.75, 3.05) is 18.7 Å². The van der Waals surface area contributed by atoms with Crippen molar-refractivity contribution in [3.05, 3.63) is 12.7 Å². The second-order valence-corrected chi connectivity index (χ2v) is 6.38. The van der Waals surface area contributed by atoms with Crippen molar-refractivity contribution < 1.29 is 28.9 Å². The van der Waals surface area contributed by atoms with Gasteiger partial charge in [-0.2, -0.15) is 0 Å². The topological polar surface area (TPSA) is 166 Å². The second-order valence-electron chi connectivity index (χ2n) is 4.80. The van der Waals surface area contributed by atoms with Crippen molar-refractivity contribution >= 4 is 24.6 Å². The molecule has 0 amide bonds. The van der Waals surface area contributed by atoms with Gasteiger partial charge in [0.25, 0.3) is 0 Å². The minimum atomic E-state index is -4.32. The third kappa shape index (κ3) is 2.82. The van der Waals surface area contributed by atoms with Gasteiger partial charge in [-0.1, -0.05) is 0 Å². The van der Waals surface area contributed by atoms with Crippen LogP contribution in [0.25, 0.3) is 11.2 Å². The fourth-order valence-corrected chi connectivity index (χ4v) is 2.60. The van der Waals surface area contributed by atoms with Crippen LogP contribution in [0, 0.1) is 0 Å². The lowest BCUT2D eigenvalue weighted by atomic mass is 10.2. The highest BCUT2D eigenvalue weighted by atomic mass is 31.2. The standard InChI is InChI=1S/C10H14N5O6P/c11-8-6-9(13-2-12-8)15(3-14-6)10-7(16)5(1-20-10)21-4-22(17,18)19/h2-3,5,7,10,16H,1,4H2,(H2,11,12,13)(H2,17,18,19). The normalized spacial score (nSPS) is 25.9. The van der Waals surface area contributed by atoms with Gasteiger partial charge in [0.05, 0.1) is 12.9 Å². The molecule has 0 aromatic carbocycles. The SMILES string of the molecule is Nc1ncnc2c1ncn2C1OCC(OCP(=O)(O)O)C1O. The van der Waals surface area contributed by atoms with Gasteiger partial charge in [-0.15, -0.1) is 0 Å². The molecule has 2 aromatic rings. The van der Waals surface area contributed by atoms with Gasteiger partial charge in [0.2, 0.25) is 0 Å². The summed E-state index contributed by atoms with van der Waals surface area (Å²) in [6.07, 6.45) is -0.978. The van der Waals surface area contributed by atoms with E-state index in [0.29, 0.717) is 11.2 Å². The van der Waals surface area contributed by atoms with Crippen LogP contribution in [0.5, 0.6) is 0 Å². The van der Waals surface area contributed by atoms with Crippen LogP contribution in [-0.2, 0) is 14.0 Å². The van der Waals surface area contributed by atoms with Gasteiger partial charge in [0.15, 0.2) is 17.7 Å². The van der Waals surface area contributed by atoms with Crippen LogP contribution in [-0.4, -0.2) is 59.6 Å². The summed E-state index contributed by atoms with van der Waals surface area (Å²) in [7, 11) is -4.32. The lowest BCUT2D eigenvalue weighted by Gasteiger charge is -2.19. The number of imidazole rings is 1. The summed E-state index contributed by atoms with van der Waals surface area (Å²) in [5.74, 6) is 0.200. The number of rotatable bonds is 4. The minimum Gasteiger partial charge on any atom is -0.386 e. The zero-order valence-electron chi connectivity index (χ0n) is 11.2. The lowest BCUT2D eigenvalue weighted by molar-refractivity contribution is -0.0281. The van der Waals surface area contributed by atoms with Gasteiger partial charge in [-0.05, 0) is 0 Å². The summed E-state index contributed by atoms with van der Waals surface area (Å²) in [6, 6.07) is 0. The molecule has 3 atom stereocenters. The fraction of sp³-hybridized carbons (Fsp3) is 0.500. The Kier molecular flexibility index (Phi) is 3.85. The summed E-state index contributed by atoms with van der Waals surface area (Å²) in [6.45, 7) is -0.0218. The highest BCUT2D eigenvalue weighted by Crippen LogP contribution is 2.36. The predicted molar refractivity (Wildman–Crippen MR) is 72.5 cm³/mol. The number of nitrogen functional groups attached to an aromatic ring is 1. The average molecular weight is 331 g/mol. The predicted octanol–water partition coefficient (Wildman–Crippen LogP) is -1.18. The van der Waals surface area contributed by atoms with E-state index in [1.807, 2.05) is 0 Å². The highest BCUT2D eigenvalue weighted by Gasteiger charge is 2.39.